The van der Waals surface area contributed by atoms with Crippen LogP contribution < -0.4 is 21.1 Å². The fourth-order valence-electron chi connectivity index (χ4n) is 6.22. The quantitative estimate of drug-likeness (QED) is 0.287. The van der Waals surface area contributed by atoms with E-state index in [1.54, 1.807) is 30.3 Å². The summed E-state index contributed by atoms with van der Waals surface area (Å²) in [5, 5.41) is 5.69. The molecule has 0 unspecified atom stereocenters. The number of pyridine rings is 1. The Kier molecular flexibility index (Phi) is 7.38. The third-order valence-corrected chi connectivity index (χ3v) is 8.46. The molecule has 3 heterocycles. The number of hydrogen-bond acceptors (Lipinski definition) is 4. The summed E-state index contributed by atoms with van der Waals surface area (Å²) in [6.45, 7) is 8.39. The van der Waals surface area contributed by atoms with Crippen molar-refractivity contribution < 1.29 is 14.0 Å². The van der Waals surface area contributed by atoms with Crippen LogP contribution in [0.3, 0.4) is 0 Å². The summed E-state index contributed by atoms with van der Waals surface area (Å²) in [4.78, 5) is 41.5. The van der Waals surface area contributed by atoms with Crippen molar-refractivity contribution in [2.75, 3.05) is 28.6 Å². The molecule has 2 atom stereocenters. The van der Waals surface area contributed by atoms with Gasteiger partial charge in [-0.15, -0.1) is 0 Å². The molecule has 0 aliphatic carbocycles. The molecule has 2 N–H and O–H groups in total. The first-order valence-corrected chi connectivity index (χ1v) is 14.6. The molecule has 1 saturated heterocycles. The summed E-state index contributed by atoms with van der Waals surface area (Å²) in [6.07, 6.45) is 0.991. The van der Waals surface area contributed by atoms with Crippen molar-refractivity contribution in [2.24, 2.45) is 5.92 Å². The summed E-state index contributed by atoms with van der Waals surface area (Å²) >= 11 is 0. The number of carbonyl (C=O) groups excluding carboxylic acids is 2. The molecule has 0 saturated carbocycles. The maximum absolute atomic E-state index is 14.3. The Morgan fingerprint density at radius 1 is 0.791 bits per heavy atom. The Bertz CT molecular complexity index is 1760. The van der Waals surface area contributed by atoms with Crippen LogP contribution in [0, 0.1) is 11.7 Å². The normalized spacial score (nSPS) is 17.6. The van der Waals surface area contributed by atoms with Gasteiger partial charge in [-0.25, -0.2) is 4.39 Å². The van der Waals surface area contributed by atoms with Crippen molar-refractivity contribution >= 4 is 28.9 Å². The number of nitrogens with zero attached hydrogens (tertiary/aromatic N) is 2. The van der Waals surface area contributed by atoms with Gasteiger partial charge in [-0.3, -0.25) is 14.4 Å². The number of aromatic nitrogens is 1. The lowest BCUT2D eigenvalue weighted by Gasteiger charge is -2.44. The van der Waals surface area contributed by atoms with Gasteiger partial charge in [0.2, 0.25) is 0 Å². The lowest BCUT2D eigenvalue weighted by atomic mass is 9.83. The van der Waals surface area contributed by atoms with Gasteiger partial charge in [-0.05, 0) is 71.8 Å². The molecule has 8 heteroatoms. The molecule has 220 valence electrons. The summed E-state index contributed by atoms with van der Waals surface area (Å²) in [7, 11) is 0. The van der Waals surface area contributed by atoms with E-state index in [0.717, 1.165) is 23.4 Å². The van der Waals surface area contributed by atoms with E-state index in [1.165, 1.54) is 12.1 Å². The molecule has 2 amide bonds. The van der Waals surface area contributed by atoms with Crippen LogP contribution in [-0.4, -0.2) is 29.5 Å². The predicted molar refractivity (Wildman–Crippen MR) is 168 cm³/mol. The van der Waals surface area contributed by atoms with Gasteiger partial charge in [0.1, 0.15) is 5.82 Å². The molecule has 0 radical (unpaired) electrons. The minimum absolute atomic E-state index is 0.0244. The number of piperidine rings is 1. The Labute approximate surface area is 250 Å². The van der Waals surface area contributed by atoms with E-state index >= 15 is 0 Å². The third kappa shape index (κ3) is 5.82. The molecule has 3 aromatic carbocycles. The van der Waals surface area contributed by atoms with E-state index in [-0.39, 0.29) is 34.4 Å². The summed E-state index contributed by atoms with van der Waals surface area (Å²) in [6, 6.07) is 24.2. The van der Waals surface area contributed by atoms with Gasteiger partial charge in [0.05, 0.1) is 17.1 Å². The standard InChI is InChI=1S/C35H35FN4O3/c1-35(2,3)26-14-11-23(12-15-26)33(42)38-29-18-24(34(43)37-28-8-5-4-7-27(28)36)13-16-31(29)39-19-22-17-25(21-39)30-9-6-10-32(41)40(30)20-22/h4-16,18,22,25H,17,19-21H2,1-3H3,(H,37,43)(H,38,42)/t22-,25+/m1/s1. The van der Waals surface area contributed by atoms with E-state index < -0.39 is 11.7 Å². The fourth-order valence-corrected chi connectivity index (χ4v) is 6.22. The molecule has 0 spiro atoms. The van der Waals surface area contributed by atoms with E-state index in [2.05, 4.69) is 36.3 Å². The topological polar surface area (TPSA) is 83.4 Å². The second-order valence-electron chi connectivity index (χ2n) is 12.6. The Morgan fingerprint density at radius 2 is 1.49 bits per heavy atom. The average Bonchev–Trinajstić information content (AvgIpc) is 2.98. The SMILES string of the molecule is CC(C)(C)c1ccc(C(=O)Nc2cc(C(=O)Nc3ccccc3F)ccc2N2C[C@H]3C[C@@H](C2)c2cccc(=O)n2C3)cc1. The molecule has 1 fully saturated rings. The van der Waals surface area contributed by atoms with Crippen LogP contribution in [0.5, 0.6) is 0 Å². The molecule has 7 nitrogen and oxygen atoms in total. The maximum atomic E-state index is 14.3. The minimum Gasteiger partial charge on any atom is -0.369 e. The summed E-state index contributed by atoms with van der Waals surface area (Å²) in [5.41, 5.74) is 4.30. The number of amides is 2. The molecule has 2 aliphatic rings. The first-order chi connectivity index (χ1) is 20.6. The number of halogens is 1. The number of fused-ring (bicyclic) bond motifs is 4. The Morgan fingerprint density at radius 3 is 2.23 bits per heavy atom. The third-order valence-electron chi connectivity index (χ3n) is 8.46. The molecule has 2 aliphatic heterocycles. The van der Waals surface area contributed by atoms with Crippen LogP contribution in [0.15, 0.2) is 89.7 Å². The van der Waals surface area contributed by atoms with Gasteiger partial charge in [0.25, 0.3) is 17.4 Å². The average molecular weight is 579 g/mol. The molecule has 4 aromatic rings. The fraction of sp³-hybridized carbons (Fsp3) is 0.286. The van der Waals surface area contributed by atoms with Gasteiger partial charge in [0, 0.05) is 48.4 Å². The zero-order valence-corrected chi connectivity index (χ0v) is 24.6. The lowest BCUT2D eigenvalue weighted by Crippen LogP contribution is -2.47. The van der Waals surface area contributed by atoms with Crippen LogP contribution in [0.25, 0.3) is 0 Å². The van der Waals surface area contributed by atoms with Crippen molar-refractivity contribution in [1.29, 1.82) is 0 Å². The Balaban J connectivity index is 1.32. The second-order valence-corrected chi connectivity index (χ2v) is 12.6. The number of nitrogens with one attached hydrogen (secondary N) is 2. The smallest absolute Gasteiger partial charge is 0.255 e. The number of rotatable bonds is 5. The molecule has 2 bridgehead atoms. The maximum Gasteiger partial charge on any atom is 0.255 e. The molecule has 1 aromatic heterocycles. The van der Waals surface area contributed by atoms with Crippen LogP contribution >= 0.6 is 0 Å². The number of para-hydroxylation sites is 1. The largest absolute Gasteiger partial charge is 0.369 e. The second kappa shape index (κ2) is 11.2. The van der Waals surface area contributed by atoms with Crippen molar-refractivity contribution in [3.63, 3.8) is 0 Å². The first-order valence-electron chi connectivity index (χ1n) is 14.6. The lowest BCUT2D eigenvalue weighted by molar-refractivity contribution is 0.101. The predicted octanol–water partition coefficient (Wildman–Crippen LogP) is 6.41. The van der Waals surface area contributed by atoms with Crippen molar-refractivity contribution in [3.05, 3.63) is 123 Å². The van der Waals surface area contributed by atoms with Crippen LogP contribution in [0.2, 0.25) is 0 Å². The van der Waals surface area contributed by atoms with E-state index in [4.69, 9.17) is 0 Å². The van der Waals surface area contributed by atoms with Crippen molar-refractivity contribution in [1.82, 2.24) is 4.57 Å². The zero-order valence-electron chi connectivity index (χ0n) is 24.6. The highest BCUT2D eigenvalue weighted by Crippen LogP contribution is 2.39. The van der Waals surface area contributed by atoms with Gasteiger partial charge >= 0.3 is 0 Å². The van der Waals surface area contributed by atoms with Crippen molar-refractivity contribution in [3.8, 4) is 0 Å². The highest BCUT2D eigenvalue weighted by Gasteiger charge is 2.35. The highest BCUT2D eigenvalue weighted by molar-refractivity contribution is 6.09. The monoisotopic (exact) mass is 578 g/mol. The number of anilines is 3. The molecular weight excluding hydrogens is 543 g/mol. The van der Waals surface area contributed by atoms with Gasteiger partial charge in [-0.1, -0.05) is 51.1 Å². The van der Waals surface area contributed by atoms with Gasteiger partial charge < -0.3 is 20.1 Å². The number of benzene rings is 3. The Hall–Kier alpha value is -4.72. The highest BCUT2D eigenvalue weighted by atomic mass is 19.1. The van der Waals surface area contributed by atoms with E-state index in [0.29, 0.717) is 36.4 Å². The van der Waals surface area contributed by atoms with Crippen molar-refractivity contribution in [2.45, 2.75) is 45.1 Å². The first kappa shape index (κ1) is 28.4. The number of carbonyl (C=O) groups is 2. The number of hydrogen-bond donors (Lipinski definition) is 2. The van der Waals surface area contributed by atoms with Crippen LogP contribution in [0.4, 0.5) is 21.5 Å². The van der Waals surface area contributed by atoms with E-state index in [9.17, 15) is 18.8 Å². The van der Waals surface area contributed by atoms with Gasteiger partial charge in [-0.2, -0.15) is 0 Å². The minimum atomic E-state index is -0.529. The van der Waals surface area contributed by atoms with Crippen LogP contribution in [-0.2, 0) is 12.0 Å². The van der Waals surface area contributed by atoms with Crippen LogP contribution in [0.1, 0.15) is 65.1 Å². The summed E-state index contributed by atoms with van der Waals surface area (Å²) < 4.78 is 16.1. The molecule has 43 heavy (non-hydrogen) atoms. The summed E-state index contributed by atoms with van der Waals surface area (Å²) in [5.74, 6) is -0.866. The molecule has 6 rings (SSSR count). The van der Waals surface area contributed by atoms with Gasteiger partial charge in [0.15, 0.2) is 0 Å². The van der Waals surface area contributed by atoms with E-state index in [1.807, 2.05) is 47.0 Å². The molecular formula is C35H35FN4O3. The zero-order chi connectivity index (χ0) is 30.3.